The number of hydrogen-bond donors (Lipinski definition) is 2. The first-order valence-electron chi connectivity index (χ1n) is 5.81. The van der Waals surface area contributed by atoms with Crippen molar-refractivity contribution >= 4 is 5.97 Å². The number of aliphatic carboxylic acids is 1. The molecule has 1 unspecified atom stereocenters. The van der Waals surface area contributed by atoms with E-state index in [0.29, 0.717) is 6.42 Å². The molecule has 0 bridgehead atoms. The molecule has 2 rings (SSSR count). The Morgan fingerprint density at radius 2 is 2.29 bits per heavy atom. The summed E-state index contributed by atoms with van der Waals surface area (Å²) in [5.41, 5.74) is 0.105. The van der Waals surface area contributed by atoms with Crippen LogP contribution >= 0.6 is 0 Å². The van der Waals surface area contributed by atoms with E-state index in [1.165, 1.54) is 0 Å². The second-order valence-electron chi connectivity index (χ2n) is 4.47. The van der Waals surface area contributed by atoms with Gasteiger partial charge in [0.2, 0.25) is 0 Å². The molecule has 1 aliphatic heterocycles. The quantitative estimate of drug-likeness (QED) is 0.832. The van der Waals surface area contributed by atoms with Crippen LogP contribution in [0.2, 0.25) is 0 Å². The van der Waals surface area contributed by atoms with E-state index >= 15 is 0 Å². The van der Waals surface area contributed by atoms with E-state index in [9.17, 15) is 9.90 Å². The maximum atomic E-state index is 11.3. The Bertz CT molecular complexity index is 411. The minimum Gasteiger partial charge on any atom is -0.491 e. The van der Waals surface area contributed by atoms with Gasteiger partial charge in [0, 0.05) is 0 Å². The fourth-order valence-electron chi connectivity index (χ4n) is 2.09. The van der Waals surface area contributed by atoms with Crippen LogP contribution in [0.4, 0.5) is 0 Å². The lowest BCUT2D eigenvalue weighted by molar-refractivity contribution is -0.145. The van der Waals surface area contributed by atoms with E-state index in [0.717, 1.165) is 24.3 Å². The van der Waals surface area contributed by atoms with Crippen LogP contribution in [0.5, 0.6) is 5.75 Å². The number of carboxylic acid groups (broad SMARTS) is 1. The molecule has 17 heavy (non-hydrogen) atoms. The zero-order valence-corrected chi connectivity index (χ0v) is 9.90. The third-order valence-electron chi connectivity index (χ3n) is 3.22. The number of para-hydroxylation sites is 1. The van der Waals surface area contributed by atoms with E-state index in [1.807, 2.05) is 31.2 Å². The Balaban J connectivity index is 2.06. The number of aryl methyl sites for hydroxylation is 1. The van der Waals surface area contributed by atoms with Crippen molar-refractivity contribution in [2.75, 3.05) is 13.2 Å². The Hall–Kier alpha value is -1.55. The summed E-state index contributed by atoms with van der Waals surface area (Å²) < 4.78 is 5.64. The molecule has 4 heteroatoms. The van der Waals surface area contributed by atoms with Gasteiger partial charge in [0.05, 0.1) is 0 Å². The van der Waals surface area contributed by atoms with E-state index in [1.54, 1.807) is 0 Å². The number of hydrogen-bond acceptors (Lipinski definition) is 3. The van der Waals surface area contributed by atoms with Crippen molar-refractivity contribution in [3.05, 3.63) is 29.8 Å². The molecular weight excluding hydrogens is 218 g/mol. The summed E-state index contributed by atoms with van der Waals surface area (Å²) in [6.45, 7) is 2.86. The van der Waals surface area contributed by atoms with Crippen LogP contribution in [0, 0.1) is 6.92 Å². The third-order valence-corrected chi connectivity index (χ3v) is 3.22. The fourth-order valence-corrected chi connectivity index (χ4v) is 2.09. The van der Waals surface area contributed by atoms with E-state index < -0.39 is 11.5 Å². The zero-order chi connectivity index (χ0) is 12.3. The van der Waals surface area contributed by atoms with Crippen molar-refractivity contribution in [3.63, 3.8) is 0 Å². The van der Waals surface area contributed by atoms with Gasteiger partial charge in [0.15, 0.2) is 5.54 Å². The maximum Gasteiger partial charge on any atom is 0.327 e. The molecule has 2 N–H and O–H groups in total. The van der Waals surface area contributed by atoms with Crippen LogP contribution in [-0.2, 0) is 4.79 Å². The van der Waals surface area contributed by atoms with E-state index in [4.69, 9.17) is 4.74 Å². The third kappa shape index (κ3) is 2.42. The Labute approximate surface area is 101 Å². The Kier molecular flexibility index (Phi) is 3.33. The first-order chi connectivity index (χ1) is 8.14. The standard InChI is InChI=1S/C13H17NO3/c1-10-5-2-3-6-11(10)17-9-13(12(15)16)7-4-8-14-13/h2-3,5-6,14H,4,7-9H2,1H3,(H,15,16). The molecule has 1 aromatic rings. The lowest BCUT2D eigenvalue weighted by atomic mass is 9.99. The normalized spacial score (nSPS) is 23.6. The minimum atomic E-state index is -0.914. The lowest BCUT2D eigenvalue weighted by Crippen LogP contribution is -2.52. The van der Waals surface area contributed by atoms with Gasteiger partial charge in [0.25, 0.3) is 0 Å². The molecule has 92 valence electrons. The first-order valence-corrected chi connectivity index (χ1v) is 5.81. The van der Waals surface area contributed by atoms with Gasteiger partial charge in [-0.1, -0.05) is 18.2 Å². The monoisotopic (exact) mass is 235 g/mol. The summed E-state index contributed by atoms with van der Waals surface area (Å²) in [6, 6.07) is 7.63. The van der Waals surface area contributed by atoms with Gasteiger partial charge >= 0.3 is 5.97 Å². The molecule has 1 heterocycles. The average molecular weight is 235 g/mol. The maximum absolute atomic E-state index is 11.3. The van der Waals surface area contributed by atoms with Crippen LogP contribution in [-0.4, -0.2) is 29.8 Å². The van der Waals surface area contributed by atoms with Crippen molar-refractivity contribution in [3.8, 4) is 5.75 Å². The summed E-state index contributed by atoms with van der Waals surface area (Å²) in [6.07, 6.45) is 1.50. The van der Waals surface area contributed by atoms with Gasteiger partial charge in [-0.05, 0) is 37.9 Å². The molecule has 0 amide bonds. The number of carbonyl (C=O) groups is 1. The molecule has 1 aliphatic rings. The first kappa shape index (κ1) is 11.9. The molecule has 1 aromatic carbocycles. The SMILES string of the molecule is Cc1ccccc1OCC1(C(=O)O)CCCN1. The number of carboxylic acids is 1. The van der Waals surface area contributed by atoms with Crippen LogP contribution < -0.4 is 10.1 Å². The van der Waals surface area contributed by atoms with Crippen molar-refractivity contribution in [2.45, 2.75) is 25.3 Å². The lowest BCUT2D eigenvalue weighted by Gasteiger charge is -2.24. The summed E-state index contributed by atoms with van der Waals surface area (Å²) in [5.74, 6) is -0.0783. The summed E-state index contributed by atoms with van der Waals surface area (Å²) in [7, 11) is 0. The molecule has 4 nitrogen and oxygen atoms in total. The smallest absolute Gasteiger partial charge is 0.327 e. The van der Waals surface area contributed by atoms with Gasteiger partial charge in [-0.25, -0.2) is 0 Å². The van der Waals surface area contributed by atoms with Crippen LogP contribution in [0.3, 0.4) is 0 Å². The van der Waals surface area contributed by atoms with Crippen LogP contribution in [0.15, 0.2) is 24.3 Å². The predicted octanol–water partition coefficient (Wildman–Crippen LogP) is 1.58. The molecule has 0 aliphatic carbocycles. The van der Waals surface area contributed by atoms with Crippen molar-refractivity contribution in [1.29, 1.82) is 0 Å². The highest BCUT2D eigenvalue weighted by atomic mass is 16.5. The predicted molar refractivity (Wildman–Crippen MR) is 64.3 cm³/mol. The van der Waals surface area contributed by atoms with Crippen LogP contribution in [0.1, 0.15) is 18.4 Å². The number of ether oxygens (including phenoxy) is 1. The molecule has 0 aromatic heterocycles. The van der Waals surface area contributed by atoms with Gasteiger partial charge in [0.1, 0.15) is 12.4 Å². The summed E-state index contributed by atoms with van der Waals surface area (Å²) >= 11 is 0. The molecular formula is C13H17NO3. The zero-order valence-electron chi connectivity index (χ0n) is 9.90. The number of nitrogens with one attached hydrogen (secondary N) is 1. The fraction of sp³-hybridized carbons (Fsp3) is 0.462. The molecule has 1 saturated heterocycles. The second-order valence-corrected chi connectivity index (χ2v) is 4.47. The van der Waals surface area contributed by atoms with Gasteiger partial charge < -0.3 is 9.84 Å². The van der Waals surface area contributed by atoms with Crippen molar-refractivity contribution in [1.82, 2.24) is 5.32 Å². The van der Waals surface area contributed by atoms with E-state index in [-0.39, 0.29) is 6.61 Å². The average Bonchev–Trinajstić information content (AvgIpc) is 2.78. The molecule has 0 spiro atoms. The van der Waals surface area contributed by atoms with Crippen LogP contribution in [0.25, 0.3) is 0 Å². The highest BCUT2D eigenvalue weighted by molar-refractivity contribution is 5.79. The molecule has 0 radical (unpaired) electrons. The number of benzene rings is 1. The van der Waals surface area contributed by atoms with Gasteiger partial charge in [-0.3, -0.25) is 10.1 Å². The largest absolute Gasteiger partial charge is 0.491 e. The van der Waals surface area contributed by atoms with Gasteiger partial charge in [-0.15, -0.1) is 0 Å². The Morgan fingerprint density at radius 1 is 1.53 bits per heavy atom. The summed E-state index contributed by atoms with van der Waals surface area (Å²) in [4.78, 5) is 11.3. The minimum absolute atomic E-state index is 0.174. The summed E-state index contributed by atoms with van der Waals surface area (Å²) in [5, 5.41) is 12.3. The highest BCUT2D eigenvalue weighted by Gasteiger charge is 2.42. The number of rotatable bonds is 4. The molecule has 0 saturated carbocycles. The van der Waals surface area contributed by atoms with Crippen molar-refractivity contribution in [2.24, 2.45) is 0 Å². The Morgan fingerprint density at radius 3 is 2.88 bits per heavy atom. The molecule has 1 atom stereocenters. The topological polar surface area (TPSA) is 58.6 Å². The molecule has 1 fully saturated rings. The van der Waals surface area contributed by atoms with Gasteiger partial charge in [-0.2, -0.15) is 0 Å². The van der Waals surface area contributed by atoms with Crippen molar-refractivity contribution < 1.29 is 14.6 Å². The highest BCUT2D eigenvalue weighted by Crippen LogP contribution is 2.23. The second kappa shape index (κ2) is 4.75. The van der Waals surface area contributed by atoms with E-state index in [2.05, 4.69) is 5.32 Å².